The molecule has 2 fully saturated rings. The van der Waals surface area contributed by atoms with Crippen LogP contribution in [0.1, 0.15) is 70.7 Å². The molecule has 1 aromatic heterocycles. The highest BCUT2D eigenvalue weighted by atomic mass is 16.4. The van der Waals surface area contributed by atoms with Crippen molar-refractivity contribution in [2.24, 2.45) is 16.7 Å². The van der Waals surface area contributed by atoms with Crippen molar-refractivity contribution in [1.29, 1.82) is 0 Å². The molecule has 1 atom stereocenters. The van der Waals surface area contributed by atoms with Crippen molar-refractivity contribution in [2.45, 2.75) is 58.8 Å². The summed E-state index contributed by atoms with van der Waals surface area (Å²) >= 11 is 0. The Hall–Kier alpha value is -1.35. The Morgan fingerprint density at radius 2 is 1.71 bits per heavy atom. The molecule has 24 heavy (non-hydrogen) atoms. The highest BCUT2D eigenvalue weighted by Gasteiger charge is 2.46. The van der Waals surface area contributed by atoms with E-state index in [-0.39, 0.29) is 10.8 Å². The average Bonchev–Trinajstić information content (AvgIpc) is 2.87. The normalized spacial score (nSPS) is 30.2. The molecule has 0 amide bonds. The molecule has 1 spiro atoms. The van der Waals surface area contributed by atoms with E-state index in [2.05, 4.69) is 57.3 Å². The van der Waals surface area contributed by atoms with Gasteiger partial charge in [0.15, 0.2) is 5.76 Å². The molecule has 3 aliphatic rings. The summed E-state index contributed by atoms with van der Waals surface area (Å²) < 4.78 is 6.26. The van der Waals surface area contributed by atoms with Crippen LogP contribution in [0.5, 0.6) is 0 Å². The fourth-order valence-electron chi connectivity index (χ4n) is 4.17. The summed E-state index contributed by atoms with van der Waals surface area (Å²) in [5, 5.41) is 3.44. The molecule has 1 unspecified atom stereocenters. The Kier molecular flexibility index (Phi) is 3.58. The first-order chi connectivity index (χ1) is 11.3. The lowest BCUT2D eigenvalue weighted by atomic mass is 9.62. The third kappa shape index (κ3) is 2.48. The van der Waals surface area contributed by atoms with Gasteiger partial charge in [-0.25, -0.2) is 4.98 Å². The second-order valence-corrected chi connectivity index (χ2v) is 9.12. The van der Waals surface area contributed by atoms with Gasteiger partial charge in [-0.1, -0.05) is 39.8 Å². The molecule has 1 saturated heterocycles. The maximum atomic E-state index is 6.26. The van der Waals surface area contributed by atoms with Crippen LogP contribution >= 0.6 is 0 Å². The van der Waals surface area contributed by atoms with Crippen LogP contribution < -0.4 is 5.32 Å². The van der Waals surface area contributed by atoms with E-state index in [1.165, 1.54) is 38.8 Å². The Balaban J connectivity index is 1.57. The average molecular weight is 326 g/mol. The van der Waals surface area contributed by atoms with Crippen LogP contribution in [-0.4, -0.2) is 18.1 Å². The number of nitrogens with one attached hydrogen (secondary N) is 1. The smallest absolute Gasteiger partial charge is 0.201 e. The van der Waals surface area contributed by atoms with Crippen molar-refractivity contribution in [3.8, 4) is 0 Å². The van der Waals surface area contributed by atoms with Crippen LogP contribution in [0.15, 0.2) is 16.6 Å². The van der Waals surface area contributed by atoms with Gasteiger partial charge in [0.25, 0.3) is 0 Å². The maximum Gasteiger partial charge on any atom is 0.201 e. The Morgan fingerprint density at radius 1 is 1.04 bits per heavy atom. The fraction of sp³-hybridized carbons (Fsp3) is 0.667. The number of nitrogens with zero attached hydrogens (tertiary/aromatic N) is 1. The van der Waals surface area contributed by atoms with E-state index in [0.717, 1.165) is 17.3 Å². The number of rotatable bonds is 2. The molecule has 1 saturated carbocycles. The Labute approximate surface area is 145 Å². The quantitative estimate of drug-likeness (QED) is 0.848. The summed E-state index contributed by atoms with van der Waals surface area (Å²) in [6.07, 6.45) is 13.8. The van der Waals surface area contributed by atoms with Gasteiger partial charge in [0.1, 0.15) is 5.69 Å². The zero-order chi connectivity index (χ0) is 17.0. The molecule has 0 radical (unpaired) electrons. The minimum absolute atomic E-state index is 0.0712. The zero-order valence-corrected chi connectivity index (χ0v) is 15.5. The molecule has 130 valence electrons. The van der Waals surface area contributed by atoms with E-state index in [1.54, 1.807) is 0 Å². The largest absolute Gasteiger partial charge is 0.440 e. The van der Waals surface area contributed by atoms with Gasteiger partial charge in [0, 0.05) is 23.9 Å². The molecule has 1 N–H and O–H groups in total. The van der Waals surface area contributed by atoms with Crippen LogP contribution in [0.3, 0.4) is 0 Å². The molecule has 2 aliphatic carbocycles. The van der Waals surface area contributed by atoms with Crippen molar-refractivity contribution in [3.05, 3.63) is 29.5 Å². The standard InChI is InChI=1S/C21H30N2O/c1-15(2)19(3)7-5-16-17(6-8-19)24-18(23-16)20(4)9-11-21(12-10-20)13-22-14-21/h5-8,15,22H,9-14H2,1-4H3. The van der Waals surface area contributed by atoms with Gasteiger partial charge in [-0.15, -0.1) is 0 Å². The minimum atomic E-state index is 0.0712. The molecule has 1 aromatic rings. The second kappa shape index (κ2) is 5.32. The molecule has 2 heterocycles. The lowest BCUT2D eigenvalue weighted by Crippen LogP contribution is -2.56. The second-order valence-electron chi connectivity index (χ2n) is 9.12. The predicted molar refractivity (Wildman–Crippen MR) is 98.6 cm³/mol. The molecule has 0 aromatic carbocycles. The third-order valence-corrected chi connectivity index (χ3v) is 7.05. The van der Waals surface area contributed by atoms with Crippen LogP contribution in [-0.2, 0) is 5.41 Å². The van der Waals surface area contributed by atoms with E-state index in [1.807, 2.05) is 0 Å². The molecule has 3 heteroatoms. The van der Waals surface area contributed by atoms with Gasteiger partial charge in [0.05, 0.1) is 0 Å². The van der Waals surface area contributed by atoms with E-state index < -0.39 is 0 Å². The van der Waals surface area contributed by atoms with Crippen LogP contribution in [0, 0.1) is 16.7 Å². The van der Waals surface area contributed by atoms with Crippen molar-refractivity contribution in [3.63, 3.8) is 0 Å². The summed E-state index contributed by atoms with van der Waals surface area (Å²) in [6, 6.07) is 0. The first-order valence-electron chi connectivity index (χ1n) is 9.45. The molecule has 3 nitrogen and oxygen atoms in total. The van der Waals surface area contributed by atoms with Gasteiger partial charge in [-0.3, -0.25) is 0 Å². The topological polar surface area (TPSA) is 38.1 Å². The number of oxazole rings is 1. The summed E-state index contributed by atoms with van der Waals surface area (Å²) in [5.41, 5.74) is 1.73. The Bertz CT molecular complexity index is 649. The summed E-state index contributed by atoms with van der Waals surface area (Å²) in [7, 11) is 0. The van der Waals surface area contributed by atoms with Gasteiger partial charge in [-0.2, -0.15) is 0 Å². The molecule has 1 aliphatic heterocycles. The van der Waals surface area contributed by atoms with Gasteiger partial charge in [0.2, 0.25) is 5.89 Å². The van der Waals surface area contributed by atoms with Crippen LogP contribution in [0.25, 0.3) is 12.2 Å². The number of hydrogen-bond acceptors (Lipinski definition) is 3. The van der Waals surface area contributed by atoms with Crippen LogP contribution in [0.2, 0.25) is 0 Å². The van der Waals surface area contributed by atoms with Crippen molar-refractivity contribution in [2.75, 3.05) is 13.1 Å². The van der Waals surface area contributed by atoms with Gasteiger partial charge in [-0.05, 0) is 49.2 Å². The van der Waals surface area contributed by atoms with Gasteiger partial charge < -0.3 is 9.73 Å². The monoisotopic (exact) mass is 326 g/mol. The van der Waals surface area contributed by atoms with Crippen molar-refractivity contribution in [1.82, 2.24) is 10.3 Å². The summed E-state index contributed by atoms with van der Waals surface area (Å²) in [6.45, 7) is 11.5. The number of allylic oxidation sites excluding steroid dienone is 2. The predicted octanol–water partition coefficient (Wildman–Crippen LogP) is 4.80. The molecular formula is C21H30N2O. The van der Waals surface area contributed by atoms with Crippen molar-refractivity contribution < 1.29 is 4.42 Å². The molecular weight excluding hydrogens is 296 g/mol. The van der Waals surface area contributed by atoms with E-state index in [0.29, 0.717) is 11.3 Å². The first-order valence-corrected chi connectivity index (χ1v) is 9.45. The van der Waals surface area contributed by atoms with Gasteiger partial charge >= 0.3 is 0 Å². The van der Waals surface area contributed by atoms with E-state index in [4.69, 9.17) is 9.40 Å². The molecule has 0 bridgehead atoms. The van der Waals surface area contributed by atoms with E-state index >= 15 is 0 Å². The fourth-order valence-corrected chi connectivity index (χ4v) is 4.17. The summed E-state index contributed by atoms with van der Waals surface area (Å²) in [5.74, 6) is 2.42. The number of fused-ring (bicyclic) bond motifs is 1. The number of aromatic nitrogens is 1. The number of hydrogen-bond donors (Lipinski definition) is 1. The lowest BCUT2D eigenvalue weighted by Gasteiger charge is -2.49. The minimum Gasteiger partial charge on any atom is -0.440 e. The first kappa shape index (κ1) is 16.1. The Morgan fingerprint density at radius 3 is 2.29 bits per heavy atom. The third-order valence-electron chi connectivity index (χ3n) is 7.05. The van der Waals surface area contributed by atoms with Crippen molar-refractivity contribution >= 4 is 12.2 Å². The molecule has 4 rings (SSSR count). The highest BCUT2D eigenvalue weighted by molar-refractivity contribution is 5.63. The van der Waals surface area contributed by atoms with Crippen LogP contribution in [0.4, 0.5) is 0 Å². The highest BCUT2D eigenvalue weighted by Crippen LogP contribution is 2.49. The lowest BCUT2D eigenvalue weighted by molar-refractivity contribution is 0.0641. The maximum absolute atomic E-state index is 6.26. The zero-order valence-electron chi connectivity index (χ0n) is 15.5. The summed E-state index contributed by atoms with van der Waals surface area (Å²) in [4.78, 5) is 4.90. The SMILES string of the molecule is CC(C)C1(C)C=Cc2nc(C3(C)CCC4(CC3)CNC4)oc2C=C1. The van der Waals surface area contributed by atoms with E-state index in [9.17, 15) is 0 Å².